The van der Waals surface area contributed by atoms with Gasteiger partial charge in [0, 0.05) is 24.7 Å². The second-order valence-corrected chi connectivity index (χ2v) is 7.74. The van der Waals surface area contributed by atoms with Crippen LogP contribution >= 0.6 is 0 Å². The monoisotopic (exact) mass is 314 g/mol. The standard InChI is InChI=1S/C15H23FN2O2S/c1-10-5-4-6-18(12(10)3)21(19,20)15-8-13(9-17)7-14(16)11(15)2/h7-8,10,12H,4-6,9,17H2,1-3H3. The lowest BCUT2D eigenvalue weighted by atomic mass is 9.94. The molecule has 21 heavy (non-hydrogen) atoms. The molecule has 4 nitrogen and oxygen atoms in total. The summed E-state index contributed by atoms with van der Waals surface area (Å²) in [5.74, 6) is -0.217. The molecule has 1 fully saturated rings. The van der Waals surface area contributed by atoms with Crippen LogP contribution in [0.5, 0.6) is 0 Å². The normalized spacial score (nSPS) is 24.2. The smallest absolute Gasteiger partial charge is 0.243 e. The Labute approximate surface area is 126 Å². The van der Waals surface area contributed by atoms with E-state index < -0.39 is 15.8 Å². The van der Waals surface area contributed by atoms with E-state index in [4.69, 9.17) is 5.73 Å². The molecule has 1 heterocycles. The summed E-state index contributed by atoms with van der Waals surface area (Å²) in [6.07, 6.45) is 1.85. The number of hydrogen-bond acceptors (Lipinski definition) is 3. The van der Waals surface area contributed by atoms with Gasteiger partial charge in [-0.1, -0.05) is 6.92 Å². The summed E-state index contributed by atoms with van der Waals surface area (Å²) >= 11 is 0. The molecule has 6 heteroatoms. The summed E-state index contributed by atoms with van der Waals surface area (Å²) in [6, 6.07) is 2.73. The fourth-order valence-corrected chi connectivity index (χ4v) is 4.91. The molecule has 2 N–H and O–H groups in total. The van der Waals surface area contributed by atoms with E-state index in [0.717, 1.165) is 12.8 Å². The van der Waals surface area contributed by atoms with Crippen LogP contribution in [0.1, 0.15) is 37.8 Å². The van der Waals surface area contributed by atoms with Gasteiger partial charge < -0.3 is 5.73 Å². The van der Waals surface area contributed by atoms with Crippen molar-refractivity contribution in [3.05, 3.63) is 29.1 Å². The van der Waals surface area contributed by atoms with Gasteiger partial charge in [0.15, 0.2) is 0 Å². The van der Waals surface area contributed by atoms with Crippen LogP contribution in [0.15, 0.2) is 17.0 Å². The highest BCUT2D eigenvalue weighted by Gasteiger charge is 2.35. The molecule has 2 unspecified atom stereocenters. The van der Waals surface area contributed by atoms with Crippen molar-refractivity contribution in [2.45, 2.75) is 51.1 Å². The van der Waals surface area contributed by atoms with Crippen LogP contribution in [0, 0.1) is 18.7 Å². The molecule has 0 radical (unpaired) electrons. The zero-order chi connectivity index (χ0) is 15.8. The maximum atomic E-state index is 14.0. The first-order valence-corrected chi connectivity index (χ1v) is 8.74. The van der Waals surface area contributed by atoms with Gasteiger partial charge in [0.2, 0.25) is 10.0 Å². The lowest BCUT2D eigenvalue weighted by molar-refractivity contribution is 0.202. The lowest BCUT2D eigenvalue weighted by Gasteiger charge is -2.37. The molecule has 1 aromatic carbocycles. The number of sulfonamides is 1. The number of rotatable bonds is 3. The second kappa shape index (κ2) is 6.02. The average Bonchev–Trinajstić information content (AvgIpc) is 2.44. The first-order valence-electron chi connectivity index (χ1n) is 7.30. The third kappa shape index (κ3) is 2.98. The Morgan fingerprint density at radius 2 is 2.05 bits per heavy atom. The van der Waals surface area contributed by atoms with Gasteiger partial charge in [0.05, 0.1) is 4.90 Å². The predicted molar refractivity (Wildman–Crippen MR) is 80.8 cm³/mol. The second-order valence-electron chi connectivity index (χ2n) is 5.88. The van der Waals surface area contributed by atoms with Crippen LogP contribution < -0.4 is 5.73 Å². The molecule has 0 saturated carbocycles. The summed E-state index contributed by atoms with van der Waals surface area (Å²) in [4.78, 5) is 0.0453. The average molecular weight is 314 g/mol. The topological polar surface area (TPSA) is 63.4 Å². The van der Waals surface area contributed by atoms with Crippen molar-refractivity contribution in [3.8, 4) is 0 Å². The summed E-state index contributed by atoms with van der Waals surface area (Å²) < 4.78 is 41.3. The van der Waals surface area contributed by atoms with E-state index in [1.165, 1.54) is 23.4 Å². The highest BCUT2D eigenvalue weighted by molar-refractivity contribution is 7.89. The molecule has 2 rings (SSSR count). The minimum atomic E-state index is -3.69. The Morgan fingerprint density at radius 3 is 2.67 bits per heavy atom. The van der Waals surface area contributed by atoms with E-state index in [-0.39, 0.29) is 23.0 Å². The molecule has 0 bridgehead atoms. The minimum absolute atomic E-state index is 0.0453. The molecular formula is C15H23FN2O2S. The van der Waals surface area contributed by atoms with Crippen LogP contribution in [0.2, 0.25) is 0 Å². The van der Waals surface area contributed by atoms with Crippen molar-refractivity contribution in [1.82, 2.24) is 4.31 Å². The third-order valence-corrected chi connectivity index (χ3v) is 6.61. The van der Waals surface area contributed by atoms with Gasteiger partial charge in [0.1, 0.15) is 5.82 Å². The van der Waals surface area contributed by atoms with Crippen molar-refractivity contribution in [1.29, 1.82) is 0 Å². The van der Waals surface area contributed by atoms with Crippen LogP contribution in [0.3, 0.4) is 0 Å². The van der Waals surface area contributed by atoms with Gasteiger partial charge in [-0.3, -0.25) is 0 Å². The maximum Gasteiger partial charge on any atom is 0.243 e. The molecule has 1 aromatic rings. The summed E-state index contributed by atoms with van der Waals surface area (Å²) in [6.45, 7) is 6.07. The highest BCUT2D eigenvalue weighted by Crippen LogP contribution is 2.31. The first kappa shape index (κ1) is 16.4. The lowest BCUT2D eigenvalue weighted by Crippen LogP contribution is -2.46. The number of piperidine rings is 1. The number of hydrogen-bond donors (Lipinski definition) is 1. The molecular weight excluding hydrogens is 291 g/mol. The van der Waals surface area contributed by atoms with E-state index in [9.17, 15) is 12.8 Å². The summed E-state index contributed by atoms with van der Waals surface area (Å²) in [7, 11) is -3.69. The highest BCUT2D eigenvalue weighted by atomic mass is 32.2. The number of halogens is 1. The van der Waals surface area contributed by atoms with Crippen molar-refractivity contribution >= 4 is 10.0 Å². The summed E-state index contributed by atoms with van der Waals surface area (Å²) in [5, 5.41) is 0. The zero-order valence-electron chi connectivity index (χ0n) is 12.8. The van der Waals surface area contributed by atoms with Gasteiger partial charge in [-0.25, -0.2) is 12.8 Å². The van der Waals surface area contributed by atoms with Gasteiger partial charge >= 0.3 is 0 Å². The van der Waals surface area contributed by atoms with E-state index in [0.29, 0.717) is 18.0 Å². The Hall–Kier alpha value is -0.980. The number of nitrogens with zero attached hydrogens (tertiary/aromatic N) is 1. The van der Waals surface area contributed by atoms with Gasteiger partial charge in [-0.2, -0.15) is 4.31 Å². The number of nitrogens with two attached hydrogens (primary N) is 1. The molecule has 1 aliphatic heterocycles. The number of benzene rings is 1. The Kier molecular flexibility index (Phi) is 4.70. The Bertz CT molecular complexity index is 631. The predicted octanol–water partition coefficient (Wildman–Crippen LogP) is 2.40. The van der Waals surface area contributed by atoms with Crippen LogP contribution in [0.25, 0.3) is 0 Å². The fraction of sp³-hybridized carbons (Fsp3) is 0.600. The fourth-order valence-electron chi connectivity index (χ4n) is 2.86. The van der Waals surface area contributed by atoms with Gasteiger partial charge in [0.25, 0.3) is 0 Å². The zero-order valence-corrected chi connectivity index (χ0v) is 13.6. The minimum Gasteiger partial charge on any atom is -0.326 e. The largest absolute Gasteiger partial charge is 0.326 e. The Morgan fingerprint density at radius 1 is 1.38 bits per heavy atom. The maximum absolute atomic E-state index is 14.0. The molecule has 0 amide bonds. The van der Waals surface area contributed by atoms with E-state index >= 15 is 0 Å². The van der Waals surface area contributed by atoms with Crippen molar-refractivity contribution in [3.63, 3.8) is 0 Å². The molecule has 0 aromatic heterocycles. The van der Waals surface area contributed by atoms with Gasteiger partial charge in [-0.15, -0.1) is 0 Å². The van der Waals surface area contributed by atoms with Crippen molar-refractivity contribution in [2.24, 2.45) is 11.7 Å². The summed E-state index contributed by atoms with van der Waals surface area (Å²) in [5.41, 5.74) is 6.19. The molecule has 0 spiro atoms. The van der Waals surface area contributed by atoms with E-state index in [1.807, 2.05) is 6.92 Å². The quantitative estimate of drug-likeness (QED) is 0.932. The van der Waals surface area contributed by atoms with Crippen LogP contribution in [0.4, 0.5) is 4.39 Å². The van der Waals surface area contributed by atoms with E-state index in [2.05, 4.69) is 6.92 Å². The SMILES string of the molecule is Cc1c(F)cc(CN)cc1S(=O)(=O)N1CCCC(C)C1C. The van der Waals surface area contributed by atoms with Crippen molar-refractivity contribution in [2.75, 3.05) is 6.54 Å². The first-order chi connectivity index (χ1) is 9.78. The third-order valence-electron chi connectivity index (χ3n) is 4.49. The molecule has 118 valence electrons. The molecule has 2 atom stereocenters. The van der Waals surface area contributed by atoms with Crippen LogP contribution in [-0.4, -0.2) is 25.3 Å². The Balaban J connectivity index is 2.51. The van der Waals surface area contributed by atoms with Gasteiger partial charge in [-0.05, 0) is 50.3 Å². The molecule has 1 saturated heterocycles. The molecule has 1 aliphatic rings. The molecule has 0 aliphatic carbocycles. The van der Waals surface area contributed by atoms with Crippen molar-refractivity contribution < 1.29 is 12.8 Å². The van der Waals surface area contributed by atoms with Crippen LogP contribution in [-0.2, 0) is 16.6 Å². The van der Waals surface area contributed by atoms with E-state index in [1.54, 1.807) is 0 Å².